The van der Waals surface area contributed by atoms with E-state index in [1.54, 1.807) is 0 Å². The van der Waals surface area contributed by atoms with Crippen molar-refractivity contribution in [1.29, 1.82) is 0 Å². The van der Waals surface area contributed by atoms with Gasteiger partial charge in [0, 0.05) is 0 Å². The zero-order valence-corrected chi connectivity index (χ0v) is 12.7. The van der Waals surface area contributed by atoms with E-state index < -0.39 is 9.04 Å². The Morgan fingerprint density at radius 2 is 1.88 bits per heavy atom. The molecule has 0 unspecified atom stereocenters. The van der Waals surface area contributed by atoms with Crippen molar-refractivity contribution in [2.75, 3.05) is 0 Å². The van der Waals surface area contributed by atoms with Crippen molar-refractivity contribution in [3.63, 3.8) is 0 Å². The second-order valence-corrected chi connectivity index (χ2v) is 8.14. The Morgan fingerprint density at radius 3 is 2.35 bits per heavy atom. The third-order valence-electron chi connectivity index (χ3n) is 2.81. The molecule has 1 aromatic carbocycles. The second kappa shape index (κ2) is 5.80. The van der Waals surface area contributed by atoms with Gasteiger partial charge in [0.1, 0.15) is 0 Å². The van der Waals surface area contributed by atoms with Gasteiger partial charge in [-0.25, -0.2) is 0 Å². The Balaban J connectivity index is 3.06. The summed E-state index contributed by atoms with van der Waals surface area (Å²) in [5.41, 5.74) is 3.44. The summed E-state index contributed by atoms with van der Waals surface area (Å²) in [6.07, 6.45) is 0. The van der Waals surface area contributed by atoms with Gasteiger partial charge in [0.2, 0.25) is 0 Å². The average molecular weight is 252 g/mol. The van der Waals surface area contributed by atoms with Crippen LogP contribution in [0.5, 0.6) is 0 Å². The lowest BCUT2D eigenvalue weighted by atomic mass is 9.82. The van der Waals surface area contributed by atoms with E-state index >= 15 is 0 Å². The van der Waals surface area contributed by atoms with Gasteiger partial charge in [0.05, 0.1) is 13.2 Å². The molecule has 0 heterocycles. The summed E-state index contributed by atoms with van der Waals surface area (Å²) in [6.45, 7) is 11.5. The normalized spacial score (nSPS) is 12.2. The van der Waals surface area contributed by atoms with Crippen molar-refractivity contribution in [3.8, 4) is 0 Å². The van der Waals surface area contributed by atoms with Gasteiger partial charge in [-0.05, 0) is 35.2 Å². The average Bonchev–Trinajstić information content (AvgIpc) is 2.24. The van der Waals surface area contributed by atoms with Crippen molar-refractivity contribution in [2.45, 2.75) is 52.5 Å². The molecule has 0 spiro atoms. The van der Waals surface area contributed by atoms with Crippen LogP contribution in [0.3, 0.4) is 0 Å². The maximum absolute atomic E-state index is 9.58. The number of hydrogen-bond acceptors (Lipinski definition) is 2. The summed E-state index contributed by atoms with van der Waals surface area (Å²) in [6, 6.07) is 6.21. The molecule has 0 atom stereocenters. The van der Waals surface area contributed by atoms with E-state index in [0.29, 0.717) is 6.61 Å². The molecule has 0 aliphatic rings. The Bertz CT molecular complexity index is 367. The maximum atomic E-state index is 9.58. The minimum absolute atomic E-state index is 0.0589. The molecule has 1 rings (SSSR count). The number of aliphatic hydroxyl groups excluding tert-OH is 1. The van der Waals surface area contributed by atoms with Crippen LogP contribution in [0.25, 0.3) is 0 Å². The van der Waals surface area contributed by atoms with Crippen LogP contribution >= 0.6 is 0 Å². The van der Waals surface area contributed by atoms with Crippen LogP contribution in [0, 0.1) is 0 Å². The Kier molecular flexibility index (Phi) is 4.92. The molecule has 0 amide bonds. The highest BCUT2D eigenvalue weighted by molar-refractivity contribution is 6.48. The lowest BCUT2D eigenvalue weighted by Crippen LogP contribution is -2.17. The van der Waals surface area contributed by atoms with E-state index in [-0.39, 0.29) is 12.0 Å². The van der Waals surface area contributed by atoms with Crippen molar-refractivity contribution < 1.29 is 9.53 Å². The fraction of sp³-hybridized carbons (Fsp3) is 0.571. The van der Waals surface area contributed by atoms with E-state index in [1.807, 2.05) is 0 Å². The summed E-state index contributed by atoms with van der Waals surface area (Å²) < 4.78 is 5.77. The van der Waals surface area contributed by atoms with E-state index in [2.05, 4.69) is 52.1 Å². The summed E-state index contributed by atoms with van der Waals surface area (Å²) in [5.74, 6) is 0. The van der Waals surface area contributed by atoms with E-state index in [0.717, 1.165) is 11.1 Å². The number of aliphatic hydroxyl groups is 1. The van der Waals surface area contributed by atoms with Crippen molar-refractivity contribution in [3.05, 3.63) is 34.9 Å². The Hall–Kier alpha value is -0.643. The van der Waals surface area contributed by atoms with Crippen LogP contribution in [-0.2, 0) is 23.1 Å². The number of benzene rings is 1. The van der Waals surface area contributed by atoms with E-state index in [4.69, 9.17) is 4.43 Å². The summed E-state index contributed by atoms with van der Waals surface area (Å²) in [4.78, 5) is 0. The molecule has 0 bridgehead atoms. The summed E-state index contributed by atoms with van der Waals surface area (Å²) >= 11 is 0. The minimum Gasteiger partial charge on any atom is -0.416 e. The molecule has 0 aliphatic carbocycles. The number of rotatable bonds is 4. The third kappa shape index (κ3) is 3.94. The van der Waals surface area contributed by atoms with Gasteiger partial charge in [-0.3, -0.25) is 0 Å². The van der Waals surface area contributed by atoms with Crippen LogP contribution in [0.4, 0.5) is 0 Å². The van der Waals surface area contributed by atoms with Gasteiger partial charge < -0.3 is 9.53 Å². The molecule has 1 aromatic rings. The highest BCUT2D eigenvalue weighted by Gasteiger charge is 2.19. The first-order valence-electron chi connectivity index (χ1n) is 6.20. The SMILES string of the molecule is C[SiH](C)OCc1cccc(C(C)(C)C)c1CO. The molecular formula is C14H24O2Si. The largest absolute Gasteiger partial charge is 0.416 e. The molecule has 0 saturated heterocycles. The van der Waals surface area contributed by atoms with Crippen molar-refractivity contribution in [1.82, 2.24) is 0 Å². The van der Waals surface area contributed by atoms with Gasteiger partial charge in [0.25, 0.3) is 0 Å². The Morgan fingerprint density at radius 1 is 1.24 bits per heavy atom. The molecule has 0 aromatic heterocycles. The molecule has 17 heavy (non-hydrogen) atoms. The van der Waals surface area contributed by atoms with Crippen LogP contribution in [0.2, 0.25) is 13.1 Å². The van der Waals surface area contributed by atoms with Crippen LogP contribution in [0.1, 0.15) is 37.5 Å². The lowest BCUT2D eigenvalue weighted by molar-refractivity contribution is 0.267. The molecular weight excluding hydrogens is 228 g/mol. The smallest absolute Gasteiger partial charge is 0.171 e. The summed E-state index contributed by atoms with van der Waals surface area (Å²) in [7, 11) is -1.01. The van der Waals surface area contributed by atoms with Gasteiger partial charge >= 0.3 is 0 Å². The Labute approximate surface area is 106 Å². The van der Waals surface area contributed by atoms with Crippen LogP contribution < -0.4 is 0 Å². The number of hydrogen-bond donors (Lipinski definition) is 1. The first-order chi connectivity index (χ1) is 7.86. The lowest BCUT2D eigenvalue weighted by Gasteiger charge is -2.24. The van der Waals surface area contributed by atoms with E-state index in [1.165, 1.54) is 5.56 Å². The van der Waals surface area contributed by atoms with Gasteiger partial charge in [0.15, 0.2) is 9.04 Å². The molecule has 0 aliphatic heterocycles. The highest BCUT2D eigenvalue weighted by atomic mass is 28.3. The van der Waals surface area contributed by atoms with Crippen LogP contribution in [-0.4, -0.2) is 14.1 Å². The fourth-order valence-electron chi connectivity index (χ4n) is 1.92. The molecule has 2 nitrogen and oxygen atoms in total. The van der Waals surface area contributed by atoms with Crippen molar-refractivity contribution in [2.24, 2.45) is 0 Å². The standard InChI is InChI=1S/C14H24O2Si/c1-14(2,3)13-8-6-7-11(12(13)9-15)10-16-17(4)5/h6-8,15,17H,9-10H2,1-5H3. The molecule has 0 radical (unpaired) electrons. The fourth-order valence-corrected chi connectivity index (χ4v) is 2.43. The zero-order valence-electron chi connectivity index (χ0n) is 11.6. The zero-order chi connectivity index (χ0) is 13.1. The molecule has 96 valence electrons. The second-order valence-electron chi connectivity index (χ2n) is 5.71. The maximum Gasteiger partial charge on any atom is 0.171 e. The highest BCUT2D eigenvalue weighted by Crippen LogP contribution is 2.28. The van der Waals surface area contributed by atoms with Crippen LogP contribution in [0.15, 0.2) is 18.2 Å². The van der Waals surface area contributed by atoms with Gasteiger partial charge in [-0.2, -0.15) is 0 Å². The summed E-state index contributed by atoms with van der Waals surface area (Å²) in [5, 5.41) is 9.58. The predicted molar refractivity (Wildman–Crippen MR) is 74.7 cm³/mol. The third-order valence-corrected chi connectivity index (χ3v) is 3.64. The molecule has 0 fully saturated rings. The van der Waals surface area contributed by atoms with Gasteiger partial charge in [-0.15, -0.1) is 0 Å². The molecule has 0 saturated carbocycles. The minimum atomic E-state index is -1.01. The molecule has 3 heteroatoms. The predicted octanol–water partition coefficient (Wildman–Crippen LogP) is 2.98. The van der Waals surface area contributed by atoms with E-state index in [9.17, 15) is 5.11 Å². The monoisotopic (exact) mass is 252 g/mol. The first-order valence-corrected chi connectivity index (χ1v) is 8.98. The van der Waals surface area contributed by atoms with Crippen molar-refractivity contribution >= 4 is 9.04 Å². The molecule has 1 N–H and O–H groups in total. The topological polar surface area (TPSA) is 29.5 Å². The first kappa shape index (κ1) is 14.4. The van der Waals surface area contributed by atoms with Gasteiger partial charge in [-0.1, -0.05) is 39.0 Å². The quantitative estimate of drug-likeness (QED) is 0.835.